The predicted octanol–water partition coefficient (Wildman–Crippen LogP) is 3.33. The van der Waals surface area contributed by atoms with E-state index in [1.807, 2.05) is 11.3 Å². The summed E-state index contributed by atoms with van der Waals surface area (Å²) in [5.41, 5.74) is 0. The quantitative estimate of drug-likeness (QED) is 0.920. The van der Waals surface area contributed by atoms with Gasteiger partial charge in [0.1, 0.15) is 0 Å². The van der Waals surface area contributed by atoms with E-state index < -0.39 is 0 Å². The molecule has 1 saturated heterocycles. The Kier molecular flexibility index (Phi) is 4.64. The van der Waals surface area contributed by atoms with Crippen LogP contribution in [-0.4, -0.2) is 30.1 Å². The van der Waals surface area contributed by atoms with Crippen LogP contribution in [0.15, 0.2) is 15.9 Å². The zero-order valence-electron chi connectivity index (χ0n) is 10.7. The van der Waals surface area contributed by atoms with Crippen LogP contribution in [0.3, 0.4) is 0 Å². The van der Waals surface area contributed by atoms with Crippen LogP contribution in [0.25, 0.3) is 0 Å². The van der Waals surface area contributed by atoms with Crippen molar-refractivity contribution < 1.29 is 0 Å². The SMILES string of the molecule is CC1CN(Cc2cc(Br)cs2)C(C(C)C)CN1. The van der Waals surface area contributed by atoms with Gasteiger partial charge in [-0.1, -0.05) is 13.8 Å². The minimum absolute atomic E-state index is 0.605. The van der Waals surface area contributed by atoms with E-state index in [1.165, 1.54) is 9.35 Å². The molecule has 0 aliphatic carbocycles. The van der Waals surface area contributed by atoms with Gasteiger partial charge in [-0.2, -0.15) is 0 Å². The van der Waals surface area contributed by atoms with Crippen LogP contribution in [-0.2, 0) is 6.54 Å². The third-order valence-corrected chi connectivity index (χ3v) is 5.09. The lowest BCUT2D eigenvalue weighted by molar-refractivity contribution is 0.0966. The van der Waals surface area contributed by atoms with Crippen LogP contribution in [0.4, 0.5) is 0 Å². The molecule has 17 heavy (non-hydrogen) atoms. The lowest BCUT2D eigenvalue weighted by Gasteiger charge is -2.41. The van der Waals surface area contributed by atoms with E-state index in [2.05, 4.69) is 58.4 Å². The first-order valence-electron chi connectivity index (χ1n) is 6.26. The molecule has 1 aromatic heterocycles. The van der Waals surface area contributed by atoms with Gasteiger partial charge in [-0.3, -0.25) is 4.90 Å². The highest BCUT2D eigenvalue weighted by Crippen LogP contribution is 2.24. The molecular weight excluding hydrogens is 296 g/mol. The third-order valence-electron chi connectivity index (χ3n) is 3.40. The Balaban J connectivity index is 2.04. The molecule has 0 radical (unpaired) electrons. The fourth-order valence-electron chi connectivity index (χ4n) is 2.48. The average Bonchev–Trinajstić information content (AvgIpc) is 2.63. The first kappa shape index (κ1) is 13.5. The minimum atomic E-state index is 0.605. The highest BCUT2D eigenvalue weighted by Gasteiger charge is 2.28. The van der Waals surface area contributed by atoms with E-state index in [1.54, 1.807) is 0 Å². The summed E-state index contributed by atoms with van der Waals surface area (Å²) < 4.78 is 1.21. The normalized spacial score (nSPS) is 26.6. The van der Waals surface area contributed by atoms with Crippen molar-refractivity contribution in [3.63, 3.8) is 0 Å². The number of hydrogen-bond donors (Lipinski definition) is 1. The monoisotopic (exact) mass is 316 g/mol. The fraction of sp³-hybridized carbons (Fsp3) is 0.692. The van der Waals surface area contributed by atoms with Crippen molar-refractivity contribution >= 4 is 27.3 Å². The number of hydrogen-bond acceptors (Lipinski definition) is 3. The Morgan fingerprint density at radius 2 is 2.35 bits per heavy atom. The maximum Gasteiger partial charge on any atom is 0.0332 e. The predicted molar refractivity (Wildman–Crippen MR) is 78.5 cm³/mol. The third kappa shape index (κ3) is 3.53. The van der Waals surface area contributed by atoms with E-state index >= 15 is 0 Å². The molecule has 1 fully saturated rings. The molecule has 0 spiro atoms. The van der Waals surface area contributed by atoms with Gasteiger partial charge in [-0.05, 0) is 34.8 Å². The second kappa shape index (κ2) is 5.83. The maximum absolute atomic E-state index is 3.59. The molecule has 0 amide bonds. The van der Waals surface area contributed by atoms with Gasteiger partial charge in [0.15, 0.2) is 0 Å². The lowest BCUT2D eigenvalue weighted by Crippen LogP contribution is -2.56. The largest absolute Gasteiger partial charge is 0.311 e. The van der Waals surface area contributed by atoms with Crippen molar-refractivity contribution in [2.45, 2.75) is 39.4 Å². The van der Waals surface area contributed by atoms with E-state index in [0.717, 1.165) is 19.6 Å². The van der Waals surface area contributed by atoms with Crippen molar-refractivity contribution in [2.24, 2.45) is 5.92 Å². The van der Waals surface area contributed by atoms with Crippen molar-refractivity contribution in [1.29, 1.82) is 0 Å². The highest BCUT2D eigenvalue weighted by atomic mass is 79.9. The van der Waals surface area contributed by atoms with Gasteiger partial charge in [-0.15, -0.1) is 11.3 Å². The molecule has 1 aliphatic heterocycles. The molecule has 2 rings (SSSR count). The molecule has 1 N–H and O–H groups in total. The standard InChI is InChI=1S/C13H21BrN2S/c1-9(2)13-5-15-10(3)6-16(13)7-12-4-11(14)8-17-12/h4,8-10,13,15H,5-7H2,1-3H3. The van der Waals surface area contributed by atoms with Gasteiger partial charge in [0.25, 0.3) is 0 Å². The van der Waals surface area contributed by atoms with Crippen LogP contribution in [0, 0.1) is 5.92 Å². The smallest absolute Gasteiger partial charge is 0.0332 e. The lowest BCUT2D eigenvalue weighted by atomic mass is 9.99. The fourth-order valence-corrected chi connectivity index (χ4v) is 3.95. The molecule has 1 aliphatic rings. The van der Waals surface area contributed by atoms with Crippen molar-refractivity contribution in [2.75, 3.05) is 13.1 Å². The molecule has 0 bridgehead atoms. The molecule has 4 heteroatoms. The van der Waals surface area contributed by atoms with Crippen molar-refractivity contribution in [3.8, 4) is 0 Å². The summed E-state index contributed by atoms with van der Waals surface area (Å²) >= 11 is 5.38. The van der Waals surface area contributed by atoms with Gasteiger partial charge < -0.3 is 5.32 Å². The summed E-state index contributed by atoms with van der Waals surface area (Å²) in [6, 6.07) is 3.51. The van der Waals surface area contributed by atoms with Gasteiger partial charge in [0.05, 0.1) is 0 Å². The number of thiophene rings is 1. The van der Waals surface area contributed by atoms with Crippen LogP contribution in [0.5, 0.6) is 0 Å². The summed E-state index contributed by atoms with van der Waals surface area (Å²) in [5, 5.41) is 5.76. The van der Waals surface area contributed by atoms with Gasteiger partial charge in [-0.25, -0.2) is 0 Å². The average molecular weight is 317 g/mol. The van der Waals surface area contributed by atoms with Gasteiger partial charge in [0, 0.05) is 46.4 Å². The summed E-state index contributed by atoms with van der Waals surface area (Å²) in [4.78, 5) is 4.08. The number of rotatable bonds is 3. The van der Waals surface area contributed by atoms with E-state index in [9.17, 15) is 0 Å². The number of nitrogens with one attached hydrogen (secondary N) is 1. The molecule has 2 unspecified atom stereocenters. The zero-order chi connectivity index (χ0) is 12.4. The summed E-state index contributed by atoms with van der Waals surface area (Å²) in [7, 11) is 0. The zero-order valence-corrected chi connectivity index (χ0v) is 13.1. The highest BCUT2D eigenvalue weighted by molar-refractivity contribution is 9.10. The van der Waals surface area contributed by atoms with E-state index in [4.69, 9.17) is 0 Å². The van der Waals surface area contributed by atoms with E-state index in [0.29, 0.717) is 18.0 Å². The number of halogens is 1. The Morgan fingerprint density at radius 3 is 2.94 bits per heavy atom. The molecule has 2 atom stereocenters. The van der Waals surface area contributed by atoms with E-state index in [-0.39, 0.29) is 0 Å². The topological polar surface area (TPSA) is 15.3 Å². The first-order valence-corrected chi connectivity index (χ1v) is 7.94. The molecular formula is C13H21BrN2S. The van der Waals surface area contributed by atoms with Crippen LogP contribution in [0.1, 0.15) is 25.6 Å². The summed E-state index contributed by atoms with van der Waals surface area (Å²) in [6.45, 7) is 10.3. The maximum atomic E-state index is 3.59. The molecule has 1 aromatic rings. The Bertz CT molecular complexity index is 364. The summed E-state index contributed by atoms with van der Waals surface area (Å²) in [6.07, 6.45) is 0. The van der Waals surface area contributed by atoms with Crippen LogP contribution < -0.4 is 5.32 Å². The van der Waals surface area contributed by atoms with Crippen LogP contribution >= 0.6 is 27.3 Å². The van der Waals surface area contributed by atoms with Crippen molar-refractivity contribution in [3.05, 3.63) is 20.8 Å². The first-order chi connectivity index (χ1) is 8.06. The minimum Gasteiger partial charge on any atom is -0.311 e. The molecule has 2 heterocycles. The molecule has 2 nitrogen and oxygen atoms in total. The second-order valence-electron chi connectivity index (χ2n) is 5.28. The Morgan fingerprint density at radius 1 is 1.59 bits per heavy atom. The van der Waals surface area contributed by atoms with Gasteiger partial charge in [0.2, 0.25) is 0 Å². The van der Waals surface area contributed by atoms with Crippen LogP contribution in [0.2, 0.25) is 0 Å². The molecule has 96 valence electrons. The number of nitrogens with zero attached hydrogens (tertiary/aromatic N) is 1. The number of piperazine rings is 1. The molecule has 0 aromatic carbocycles. The van der Waals surface area contributed by atoms with Gasteiger partial charge >= 0.3 is 0 Å². The second-order valence-corrected chi connectivity index (χ2v) is 7.19. The Hall–Kier alpha value is 0.1000. The Labute approximate surface area is 117 Å². The van der Waals surface area contributed by atoms with Crippen molar-refractivity contribution in [1.82, 2.24) is 10.2 Å². The molecule has 0 saturated carbocycles. The summed E-state index contributed by atoms with van der Waals surface area (Å²) in [5.74, 6) is 0.707.